The molecule has 0 fully saturated rings. The van der Waals surface area contributed by atoms with Crippen LogP contribution in [0.2, 0.25) is 0 Å². The van der Waals surface area contributed by atoms with Gasteiger partial charge in [-0.2, -0.15) is 0 Å². The van der Waals surface area contributed by atoms with E-state index in [9.17, 15) is 19.3 Å². The third kappa shape index (κ3) is 2.54. The SMILES string of the molecule is NNc1cc(C(=O)Nc2ncc[nH]2)c([N+](=O)[O-])cc1F. The van der Waals surface area contributed by atoms with Gasteiger partial charge in [0.15, 0.2) is 5.82 Å². The topological polar surface area (TPSA) is 139 Å². The standard InChI is InChI=1S/C10H9FN6O3/c11-6-4-8(17(19)20)5(3-7(6)16-12)9(18)15-10-13-1-2-14-10/h1-4,16H,12H2,(H2,13,14,15,18). The molecular weight excluding hydrogens is 271 g/mol. The van der Waals surface area contributed by atoms with Crippen LogP contribution in [0.5, 0.6) is 0 Å². The van der Waals surface area contributed by atoms with Crippen LogP contribution in [0, 0.1) is 15.9 Å². The highest BCUT2D eigenvalue weighted by molar-refractivity contribution is 6.06. The maximum atomic E-state index is 13.4. The minimum Gasteiger partial charge on any atom is -0.331 e. The number of H-pyrrole nitrogens is 1. The largest absolute Gasteiger partial charge is 0.331 e. The fourth-order valence-corrected chi connectivity index (χ4v) is 1.51. The summed E-state index contributed by atoms with van der Waals surface area (Å²) in [6.07, 6.45) is 2.85. The summed E-state index contributed by atoms with van der Waals surface area (Å²) in [6.45, 7) is 0. The fourth-order valence-electron chi connectivity index (χ4n) is 1.51. The molecule has 0 aliphatic rings. The number of nitro groups is 1. The van der Waals surface area contributed by atoms with Gasteiger partial charge in [-0.05, 0) is 6.07 Å². The van der Waals surface area contributed by atoms with E-state index in [1.807, 2.05) is 5.43 Å². The number of aromatic amines is 1. The zero-order chi connectivity index (χ0) is 14.7. The molecule has 0 aliphatic carbocycles. The second-order valence-electron chi connectivity index (χ2n) is 3.64. The lowest BCUT2D eigenvalue weighted by atomic mass is 10.1. The van der Waals surface area contributed by atoms with Crippen LogP contribution in [0.15, 0.2) is 24.5 Å². The molecule has 0 radical (unpaired) electrons. The average molecular weight is 280 g/mol. The van der Waals surface area contributed by atoms with Gasteiger partial charge in [-0.15, -0.1) is 0 Å². The number of imidazole rings is 1. The molecule has 0 aliphatic heterocycles. The van der Waals surface area contributed by atoms with Crippen LogP contribution in [-0.4, -0.2) is 20.8 Å². The van der Waals surface area contributed by atoms with E-state index in [-0.39, 0.29) is 17.2 Å². The van der Waals surface area contributed by atoms with E-state index in [1.165, 1.54) is 12.4 Å². The number of nitrogens with one attached hydrogen (secondary N) is 3. The number of nitrogens with two attached hydrogens (primary N) is 1. The number of carbonyl (C=O) groups is 1. The predicted molar refractivity (Wildman–Crippen MR) is 67.4 cm³/mol. The van der Waals surface area contributed by atoms with Gasteiger partial charge in [-0.25, -0.2) is 9.37 Å². The average Bonchev–Trinajstić information content (AvgIpc) is 2.90. The molecule has 1 aromatic heterocycles. The number of anilines is 2. The molecule has 1 heterocycles. The number of hydrogen-bond acceptors (Lipinski definition) is 6. The summed E-state index contributed by atoms with van der Waals surface area (Å²) < 4.78 is 13.4. The van der Waals surface area contributed by atoms with Gasteiger partial charge in [0.1, 0.15) is 5.56 Å². The number of aromatic nitrogens is 2. The van der Waals surface area contributed by atoms with Crippen molar-refractivity contribution in [3.8, 4) is 0 Å². The number of nitrogen functional groups attached to an aromatic ring is 1. The maximum absolute atomic E-state index is 13.4. The highest BCUT2D eigenvalue weighted by atomic mass is 19.1. The van der Waals surface area contributed by atoms with Gasteiger partial charge in [-0.3, -0.25) is 26.1 Å². The second-order valence-corrected chi connectivity index (χ2v) is 3.64. The summed E-state index contributed by atoms with van der Waals surface area (Å²) in [7, 11) is 0. The number of amides is 1. The predicted octanol–water partition coefficient (Wildman–Crippen LogP) is 0.995. The van der Waals surface area contributed by atoms with Crippen molar-refractivity contribution in [2.24, 2.45) is 5.84 Å². The molecule has 0 atom stereocenters. The lowest BCUT2D eigenvalue weighted by Crippen LogP contribution is -2.17. The lowest BCUT2D eigenvalue weighted by molar-refractivity contribution is -0.385. The first-order valence-electron chi connectivity index (χ1n) is 5.28. The summed E-state index contributed by atoms with van der Waals surface area (Å²) in [4.78, 5) is 28.3. The number of hydrazine groups is 1. The molecule has 2 rings (SSSR count). The van der Waals surface area contributed by atoms with E-state index in [1.54, 1.807) is 0 Å². The van der Waals surface area contributed by atoms with Crippen molar-refractivity contribution in [2.45, 2.75) is 0 Å². The molecule has 0 saturated carbocycles. The molecule has 1 aromatic carbocycles. The molecule has 0 saturated heterocycles. The molecule has 5 N–H and O–H groups in total. The van der Waals surface area contributed by atoms with Crippen molar-refractivity contribution >= 4 is 23.2 Å². The number of nitrogens with zero attached hydrogens (tertiary/aromatic N) is 2. The molecule has 2 aromatic rings. The van der Waals surface area contributed by atoms with Gasteiger partial charge in [-0.1, -0.05) is 0 Å². The summed E-state index contributed by atoms with van der Waals surface area (Å²) in [5, 5.41) is 13.2. The smallest absolute Gasteiger partial charge is 0.285 e. The van der Waals surface area contributed by atoms with Gasteiger partial charge >= 0.3 is 0 Å². The van der Waals surface area contributed by atoms with Crippen LogP contribution >= 0.6 is 0 Å². The number of rotatable bonds is 4. The Kier molecular flexibility index (Phi) is 3.57. The molecule has 9 nitrogen and oxygen atoms in total. The van der Waals surface area contributed by atoms with E-state index in [0.29, 0.717) is 6.07 Å². The summed E-state index contributed by atoms with van der Waals surface area (Å²) in [5.41, 5.74) is 0.757. The van der Waals surface area contributed by atoms with Crippen molar-refractivity contribution < 1.29 is 14.1 Å². The van der Waals surface area contributed by atoms with Gasteiger partial charge in [0.05, 0.1) is 16.7 Å². The lowest BCUT2D eigenvalue weighted by Gasteiger charge is -2.07. The monoisotopic (exact) mass is 280 g/mol. The molecule has 20 heavy (non-hydrogen) atoms. The van der Waals surface area contributed by atoms with Crippen molar-refractivity contribution in [1.82, 2.24) is 9.97 Å². The summed E-state index contributed by atoms with van der Waals surface area (Å²) in [6, 6.07) is 1.57. The van der Waals surface area contributed by atoms with Crippen LogP contribution in [0.25, 0.3) is 0 Å². The Balaban J connectivity index is 2.42. The zero-order valence-corrected chi connectivity index (χ0v) is 9.88. The van der Waals surface area contributed by atoms with Gasteiger partial charge in [0.25, 0.3) is 11.6 Å². The number of nitro benzene ring substituents is 1. The minimum absolute atomic E-state index is 0.107. The minimum atomic E-state index is -0.936. The zero-order valence-electron chi connectivity index (χ0n) is 9.88. The Hall–Kier alpha value is -3.01. The van der Waals surface area contributed by atoms with Crippen molar-refractivity contribution in [3.63, 3.8) is 0 Å². The number of carbonyl (C=O) groups excluding carboxylic acids is 1. The Morgan fingerprint density at radius 1 is 1.50 bits per heavy atom. The quantitative estimate of drug-likeness (QED) is 0.374. The Morgan fingerprint density at radius 2 is 2.25 bits per heavy atom. The van der Waals surface area contributed by atoms with Crippen LogP contribution in [0.3, 0.4) is 0 Å². The van der Waals surface area contributed by atoms with Crippen LogP contribution in [0.1, 0.15) is 10.4 Å². The first-order chi connectivity index (χ1) is 9.52. The molecule has 0 spiro atoms. The second kappa shape index (κ2) is 5.32. The molecule has 10 heteroatoms. The molecular formula is C10H9FN6O3. The first-order valence-corrected chi connectivity index (χ1v) is 5.28. The number of hydrogen-bond donors (Lipinski definition) is 4. The van der Waals surface area contributed by atoms with E-state index in [4.69, 9.17) is 5.84 Å². The number of benzene rings is 1. The van der Waals surface area contributed by atoms with Gasteiger partial charge < -0.3 is 10.4 Å². The van der Waals surface area contributed by atoms with Crippen LogP contribution in [0.4, 0.5) is 21.7 Å². The summed E-state index contributed by atoms with van der Waals surface area (Å²) >= 11 is 0. The van der Waals surface area contributed by atoms with Crippen molar-refractivity contribution in [1.29, 1.82) is 0 Å². The third-order valence-electron chi connectivity index (χ3n) is 2.41. The molecule has 1 amide bonds. The fraction of sp³-hybridized carbons (Fsp3) is 0. The summed E-state index contributed by atoms with van der Waals surface area (Å²) in [5.74, 6) is 3.43. The van der Waals surface area contributed by atoms with Crippen molar-refractivity contribution in [2.75, 3.05) is 10.7 Å². The maximum Gasteiger partial charge on any atom is 0.285 e. The van der Waals surface area contributed by atoms with Crippen molar-refractivity contribution in [3.05, 3.63) is 46.0 Å². The van der Waals surface area contributed by atoms with Crippen LogP contribution in [-0.2, 0) is 0 Å². The van der Waals surface area contributed by atoms with E-state index >= 15 is 0 Å². The Morgan fingerprint density at radius 3 is 2.80 bits per heavy atom. The van der Waals surface area contributed by atoms with E-state index in [2.05, 4.69) is 15.3 Å². The van der Waals surface area contributed by atoms with E-state index < -0.39 is 22.3 Å². The molecule has 104 valence electrons. The van der Waals surface area contributed by atoms with E-state index in [0.717, 1.165) is 6.07 Å². The third-order valence-corrected chi connectivity index (χ3v) is 2.41. The highest BCUT2D eigenvalue weighted by Crippen LogP contribution is 2.26. The Labute approximate surface area is 111 Å². The molecule has 0 unspecified atom stereocenters. The normalized spacial score (nSPS) is 10.1. The Bertz CT molecular complexity index is 657. The first kappa shape index (κ1) is 13.4. The van der Waals surface area contributed by atoms with Gasteiger partial charge in [0.2, 0.25) is 5.95 Å². The van der Waals surface area contributed by atoms with Crippen LogP contribution < -0.4 is 16.6 Å². The van der Waals surface area contributed by atoms with Gasteiger partial charge in [0, 0.05) is 12.4 Å². The molecule has 0 bridgehead atoms. The number of halogens is 1. The highest BCUT2D eigenvalue weighted by Gasteiger charge is 2.24.